The van der Waals surface area contributed by atoms with Crippen molar-refractivity contribution < 1.29 is 4.39 Å². The van der Waals surface area contributed by atoms with Crippen LogP contribution in [0, 0.1) is 5.82 Å². The molecule has 0 aliphatic rings. The van der Waals surface area contributed by atoms with E-state index in [1.54, 1.807) is 6.07 Å². The van der Waals surface area contributed by atoms with Gasteiger partial charge in [-0.15, -0.1) is 0 Å². The van der Waals surface area contributed by atoms with Crippen LogP contribution < -0.4 is 5.32 Å². The molecule has 0 atom stereocenters. The van der Waals surface area contributed by atoms with E-state index in [0.29, 0.717) is 5.02 Å². The van der Waals surface area contributed by atoms with Crippen molar-refractivity contribution in [2.75, 3.05) is 13.1 Å². The molecule has 1 N–H and O–H groups in total. The van der Waals surface area contributed by atoms with Gasteiger partial charge in [0.2, 0.25) is 0 Å². The fraction of sp³-hybridized carbons (Fsp3) is 0.385. The first-order chi connectivity index (χ1) is 7.61. The average Bonchev–Trinajstić information content (AvgIpc) is 2.16. The molecule has 1 aromatic rings. The van der Waals surface area contributed by atoms with E-state index >= 15 is 0 Å². The maximum absolute atomic E-state index is 13.1. The van der Waals surface area contributed by atoms with Crippen molar-refractivity contribution >= 4 is 17.7 Å². The monoisotopic (exact) mass is 241 g/mol. The van der Waals surface area contributed by atoms with Crippen molar-refractivity contribution in [3.05, 3.63) is 40.2 Å². The topological polar surface area (TPSA) is 12.0 Å². The van der Waals surface area contributed by atoms with Gasteiger partial charge in [0.05, 0.1) is 0 Å². The SMILES string of the molecule is CCCNC/C(C)=C/c1cc(F)cc(Cl)c1. The summed E-state index contributed by atoms with van der Waals surface area (Å²) in [6.07, 6.45) is 3.05. The molecular weight excluding hydrogens is 225 g/mol. The smallest absolute Gasteiger partial charge is 0.125 e. The first-order valence-electron chi connectivity index (χ1n) is 5.46. The largest absolute Gasteiger partial charge is 0.313 e. The summed E-state index contributed by atoms with van der Waals surface area (Å²) in [6, 6.07) is 4.55. The molecule has 0 aliphatic heterocycles. The minimum Gasteiger partial charge on any atom is -0.313 e. The van der Waals surface area contributed by atoms with Gasteiger partial charge in [-0.3, -0.25) is 0 Å². The highest BCUT2D eigenvalue weighted by Gasteiger charge is 1.97. The number of hydrogen-bond acceptors (Lipinski definition) is 1. The van der Waals surface area contributed by atoms with E-state index in [4.69, 9.17) is 11.6 Å². The number of nitrogens with one attached hydrogen (secondary N) is 1. The average molecular weight is 242 g/mol. The van der Waals surface area contributed by atoms with Gasteiger partial charge in [-0.1, -0.05) is 30.2 Å². The minimum absolute atomic E-state index is 0.298. The Balaban J connectivity index is 2.66. The molecule has 3 heteroatoms. The predicted octanol–water partition coefficient (Wildman–Crippen LogP) is 3.88. The molecule has 1 aromatic carbocycles. The van der Waals surface area contributed by atoms with Gasteiger partial charge in [-0.2, -0.15) is 0 Å². The van der Waals surface area contributed by atoms with Crippen LogP contribution in [0.3, 0.4) is 0 Å². The minimum atomic E-state index is -0.298. The first-order valence-corrected chi connectivity index (χ1v) is 5.83. The van der Waals surface area contributed by atoms with Crippen molar-refractivity contribution in [1.82, 2.24) is 5.32 Å². The number of hydrogen-bond donors (Lipinski definition) is 1. The second-order valence-corrected chi connectivity index (χ2v) is 4.31. The van der Waals surface area contributed by atoms with E-state index in [1.807, 2.05) is 13.0 Å². The summed E-state index contributed by atoms with van der Waals surface area (Å²) in [5, 5.41) is 3.72. The normalized spacial score (nSPS) is 11.9. The third-order valence-corrected chi connectivity index (χ3v) is 2.35. The van der Waals surface area contributed by atoms with Gasteiger partial charge >= 0.3 is 0 Å². The van der Waals surface area contributed by atoms with Gasteiger partial charge in [-0.05, 0) is 43.7 Å². The fourth-order valence-corrected chi connectivity index (χ4v) is 1.69. The van der Waals surface area contributed by atoms with Gasteiger partial charge in [0.15, 0.2) is 0 Å². The van der Waals surface area contributed by atoms with Crippen LogP contribution in [0.4, 0.5) is 4.39 Å². The summed E-state index contributed by atoms with van der Waals surface area (Å²) in [5.41, 5.74) is 1.97. The fourth-order valence-electron chi connectivity index (χ4n) is 1.46. The van der Waals surface area contributed by atoms with Crippen LogP contribution in [-0.4, -0.2) is 13.1 Å². The number of benzene rings is 1. The highest BCUT2D eigenvalue weighted by Crippen LogP contribution is 2.16. The third-order valence-electron chi connectivity index (χ3n) is 2.13. The highest BCUT2D eigenvalue weighted by atomic mass is 35.5. The molecular formula is C13H17ClFN. The molecule has 0 bridgehead atoms. The Kier molecular flexibility index (Phi) is 5.50. The summed E-state index contributed by atoms with van der Waals surface area (Å²) in [5.74, 6) is -0.298. The van der Waals surface area contributed by atoms with E-state index in [-0.39, 0.29) is 5.82 Å². The zero-order chi connectivity index (χ0) is 12.0. The first kappa shape index (κ1) is 13.2. The summed E-state index contributed by atoms with van der Waals surface area (Å²) >= 11 is 5.78. The number of halogens is 2. The van der Waals surface area contributed by atoms with E-state index in [1.165, 1.54) is 12.1 Å². The maximum Gasteiger partial charge on any atom is 0.125 e. The molecule has 0 radical (unpaired) electrons. The van der Waals surface area contributed by atoms with Crippen LogP contribution in [0.25, 0.3) is 6.08 Å². The zero-order valence-electron chi connectivity index (χ0n) is 9.69. The third kappa shape index (κ3) is 4.77. The summed E-state index contributed by atoms with van der Waals surface area (Å²) in [7, 11) is 0. The Labute approximate surface area is 101 Å². The van der Waals surface area contributed by atoms with E-state index in [9.17, 15) is 4.39 Å². The van der Waals surface area contributed by atoms with E-state index in [0.717, 1.165) is 30.6 Å². The van der Waals surface area contributed by atoms with Crippen molar-refractivity contribution in [3.8, 4) is 0 Å². The van der Waals surface area contributed by atoms with Crippen molar-refractivity contribution in [2.45, 2.75) is 20.3 Å². The summed E-state index contributed by atoms with van der Waals surface area (Å²) < 4.78 is 13.1. The molecule has 0 amide bonds. The quantitative estimate of drug-likeness (QED) is 0.772. The van der Waals surface area contributed by atoms with Crippen molar-refractivity contribution in [1.29, 1.82) is 0 Å². The van der Waals surface area contributed by atoms with Crippen LogP contribution in [0.5, 0.6) is 0 Å². The number of rotatable bonds is 5. The molecule has 0 aromatic heterocycles. The highest BCUT2D eigenvalue weighted by molar-refractivity contribution is 6.30. The lowest BCUT2D eigenvalue weighted by Gasteiger charge is -2.04. The molecule has 1 nitrogen and oxygen atoms in total. The Hall–Kier alpha value is -0.860. The van der Waals surface area contributed by atoms with Crippen LogP contribution in [0.1, 0.15) is 25.8 Å². The summed E-state index contributed by atoms with van der Waals surface area (Å²) in [6.45, 7) is 5.96. The van der Waals surface area contributed by atoms with Crippen molar-refractivity contribution in [3.63, 3.8) is 0 Å². The molecule has 0 heterocycles. The molecule has 0 unspecified atom stereocenters. The van der Waals surface area contributed by atoms with Gasteiger partial charge in [-0.25, -0.2) is 4.39 Å². The standard InChI is InChI=1S/C13H17ClFN/c1-3-4-16-9-10(2)5-11-6-12(14)8-13(15)7-11/h5-8,16H,3-4,9H2,1-2H3/b10-5+. The lowest BCUT2D eigenvalue weighted by molar-refractivity contribution is 0.627. The Morgan fingerprint density at radius 2 is 2.19 bits per heavy atom. The molecule has 0 spiro atoms. The predicted molar refractivity (Wildman–Crippen MR) is 68.2 cm³/mol. The maximum atomic E-state index is 13.1. The summed E-state index contributed by atoms with van der Waals surface area (Å²) in [4.78, 5) is 0. The van der Waals surface area contributed by atoms with Crippen LogP contribution in [0.15, 0.2) is 23.8 Å². The lowest BCUT2D eigenvalue weighted by Crippen LogP contribution is -2.16. The van der Waals surface area contributed by atoms with Gasteiger partial charge in [0.25, 0.3) is 0 Å². The van der Waals surface area contributed by atoms with Crippen molar-refractivity contribution in [2.24, 2.45) is 0 Å². The van der Waals surface area contributed by atoms with Gasteiger partial charge in [0, 0.05) is 11.6 Å². The van der Waals surface area contributed by atoms with Crippen LogP contribution in [0.2, 0.25) is 5.02 Å². The second-order valence-electron chi connectivity index (χ2n) is 3.87. The Morgan fingerprint density at radius 3 is 2.81 bits per heavy atom. The molecule has 0 saturated heterocycles. The Bertz CT molecular complexity index is 354. The molecule has 0 fully saturated rings. The van der Waals surface area contributed by atoms with Gasteiger partial charge in [0.1, 0.15) is 5.82 Å². The lowest BCUT2D eigenvalue weighted by atomic mass is 10.1. The molecule has 16 heavy (non-hydrogen) atoms. The zero-order valence-corrected chi connectivity index (χ0v) is 10.4. The van der Waals surface area contributed by atoms with Gasteiger partial charge < -0.3 is 5.32 Å². The molecule has 88 valence electrons. The second kappa shape index (κ2) is 6.66. The Morgan fingerprint density at radius 1 is 1.44 bits per heavy atom. The molecule has 0 saturated carbocycles. The molecule has 0 aliphatic carbocycles. The van der Waals surface area contributed by atoms with E-state index < -0.39 is 0 Å². The van der Waals surface area contributed by atoms with E-state index in [2.05, 4.69) is 12.2 Å². The van der Waals surface area contributed by atoms with Crippen LogP contribution >= 0.6 is 11.6 Å². The molecule has 1 rings (SSSR count). The van der Waals surface area contributed by atoms with Crippen LogP contribution in [-0.2, 0) is 0 Å².